The predicted octanol–water partition coefficient (Wildman–Crippen LogP) is 4.69. The van der Waals surface area contributed by atoms with Crippen LogP contribution in [0.1, 0.15) is 11.3 Å². The first-order valence-corrected chi connectivity index (χ1v) is 8.49. The Morgan fingerprint density at radius 3 is 2.80 bits per heavy atom. The Labute approximate surface area is 146 Å². The van der Waals surface area contributed by atoms with Gasteiger partial charge in [-0.3, -0.25) is 0 Å². The van der Waals surface area contributed by atoms with Gasteiger partial charge in [0.15, 0.2) is 0 Å². The summed E-state index contributed by atoms with van der Waals surface area (Å²) in [5, 5.41) is 5.95. The van der Waals surface area contributed by atoms with Gasteiger partial charge >= 0.3 is 0 Å². The third kappa shape index (κ3) is 2.91. The Bertz CT molecular complexity index is 1040. The number of anilines is 1. The summed E-state index contributed by atoms with van der Waals surface area (Å²) in [6, 6.07) is 16.5. The lowest BCUT2D eigenvalue weighted by Gasteiger charge is -2.12. The molecule has 0 atom stereocenters. The Morgan fingerprint density at radius 1 is 1.08 bits per heavy atom. The van der Waals surface area contributed by atoms with E-state index >= 15 is 0 Å². The Kier molecular flexibility index (Phi) is 4.02. The number of para-hydroxylation sites is 2. The van der Waals surface area contributed by atoms with Crippen LogP contribution >= 0.6 is 0 Å². The second kappa shape index (κ2) is 6.48. The average molecular weight is 331 g/mol. The van der Waals surface area contributed by atoms with Crippen molar-refractivity contribution < 1.29 is 4.74 Å². The first-order chi connectivity index (χ1) is 12.3. The highest BCUT2D eigenvalue weighted by Gasteiger charge is 2.09. The summed E-state index contributed by atoms with van der Waals surface area (Å²) in [6.07, 6.45) is 3.06. The van der Waals surface area contributed by atoms with E-state index in [0.717, 1.165) is 41.0 Å². The topological polar surface area (TPSA) is 49.9 Å². The van der Waals surface area contributed by atoms with Crippen LogP contribution in [0.2, 0.25) is 0 Å². The lowest BCUT2D eigenvalue weighted by Crippen LogP contribution is -2.06. The first-order valence-electron chi connectivity index (χ1n) is 8.49. The minimum absolute atomic E-state index is 0.806. The van der Waals surface area contributed by atoms with E-state index < -0.39 is 0 Å². The Hall–Kier alpha value is -3.01. The second-order valence-corrected chi connectivity index (χ2v) is 6.20. The number of aromatic nitrogens is 2. The predicted molar refractivity (Wildman–Crippen MR) is 104 cm³/mol. The molecule has 0 aliphatic heterocycles. The van der Waals surface area contributed by atoms with Gasteiger partial charge in [-0.15, -0.1) is 0 Å². The largest absolute Gasteiger partial charge is 0.494 e. The normalized spacial score (nSPS) is 11.1. The highest BCUT2D eigenvalue weighted by Crippen LogP contribution is 2.30. The highest BCUT2D eigenvalue weighted by atomic mass is 16.5. The highest BCUT2D eigenvalue weighted by molar-refractivity contribution is 5.95. The van der Waals surface area contributed by atoms with Crippen LogP contribution in [0.15, 0.2) is 54.7 Å². The summed E-state index contributed by atoms with van der Waals surface area (Å²) in [6.45, 7) is 2.87. The third-order valence-electron chi connectivity index (χ3n) is 4.54. The molecule has 4 aromatic rings. The SMILES string of the molecule is COc1cccc2c(NCCc3c[nH]c4ccccc34)cc(C)nc12. The summed E-state index contributed by atoms with van der Waals surface area (Å²) < 4.78 is 5.45. The number of ether oxygens (including phenoxy) is 1. The zero-order valence-corrected chi connectivity index (χ0v) is 14.5. The summed E-state index contributed by atoms with van der Waals surface area (Å²) >= 11 is 0. The van der Waals surface area contributed by atoms with Gasteiger partial charge in [0, 0.05) is 40.4 Å². The molecule has 4 nitrogen and oxygen atoms in total. The molecule has 0 radical (unpaired) electrons. The standard InChI is InChI=1S/C21H21N3O/c1-14-12-19(17-7-5-9-20(25-2)21(17)24-14)22-11-10-15-13-23-18-8-4-3-6-16(15)18/h3-9,12-13,23H,10-11H2,1-2H3,(H,22,24). The average Bonchev–Trinajstić information content (AvgIpc) is 3.04. The molecule has 4 heteroatoms. The minimum atomic E-state index is 0.806. The maximum absolute atomic E-state index is 5.45. The van der Waals surface area contributed by atoms with Crippen molar-refractivity contribution in [3.63, 3.8) is 0 Å². The molecule has 0 amide bonds. The van der Waals surface area contributed by atoms with Crippen molar-refractivity contribution in [3.05, 3.63) is 66.0 Å². The number of benzene rings is 2. The van der Waals surface area contributed by atoms with E-state index in [1.165, 1.54) is 16.5 Å². The van der Waals surface area contributed by atoms with E-state index in [4.69, 9.17) is 4.74 Å². The fourth-order valence-corrected chi connectivity index (χ4v) is 3.33. The van der Waals surface area contributed by atoms with E-state index in [2.05, 4.69) is 57.9 Å². The molecular weight excluding hydrogens is 310 g/mol. The smallest absolute Gasteiger partial charge is 0.145 e. The van der Waals surface area contributed by atoms with Gasteiger partial charge in [0.05, 0.1) is 7.11 Å². The van der Waals surface area contributed by atoms with Crippen LogP contribution in [0.5, 0.6) is 5.75 Å². The lowest BCUT2D eigenvalue weighted by atomic mass is 10.1. The number of aryl methyl sites for hydroxylation is 1. The van der Waals surface area contributed by atoms with E-state index in [1.54, 1.807) is 7.11 Å². The molecule has 25 heavy (non-hydrogen) atoms. The van der Waals surface area contributed by atoms with Crippen LogP contribution < -0.4 is 10.1 Å². The lowest BCUT2D eigenvalue weighted by molar-refractivity contribution is 0.419. The summed E-state index contributed by atoms with van der Waals surface area (Å²) in [4.78, 5) is 7.97. The quantitative estimate of drug-likeness (QED) is 0.558. The molecule has 2 N–H and O–H groups in total. The van der Waals surface area contributed by atoms with Crippen molar-refractivity contribution in [1.29, 1.82) is 0 Å². The second-order valence-electron chi connectivity index (χ2n) is 6.20. The Balaban J connectivity index is 1.59. The molecule has 0 unspecified atom stereocenters. The van der Waals surface area contributed by atoms with Crippen LogP contribution in [0.3, 0.4) is 0 Å². The molecule has 0 aliphatic rings. The van der Waals surface area contributed by atoms with E-state index in [1.807, 2.05) is 19.1 Å². The molecule has 2 aromatic heterocycles. The van der Waals surface area contributed by atoms with Gasteiger partial charge in [-0.25, -0.2) is 4.98 Å². The van der Waals surface area contributed by atoms with E-state index in [0.29, 0.717) is 0 Å². The molecule has 0 aliphatic carbocycles. The molecular formula is C21H21N3O. The number of fused-ring (bicyclic) bond motifs is 2. The number of pyridine rings is 1. The number of rotatable bonds is 5. The maximum Gasteiger partial charge on any atom is 0.145 e. The summed E-state index contributed by atoms with van der Waals surface area (Å²) in [7, 11) is 1.68. The van der Waals surface area contributed by atoms with Crippen molar-refractivity contribution in [1.82, 2.24) is 9.97 Å². The minimum Gasteiger partial charge on any atom is -0.494 e. The number of hydrogen-bond acceptors (Lipinski definition) is 3. The van der Waals surface area contributed by atoms with Crippen molar-refractivity contribution in [2.24, 2.45) is 0 Å². The molecule has 126 valence electrons. The molecule has 0 bridgehead atoms. The number of aromatic amines is 1. The number of methoxy groups -OCH3 is 1. The maximum atomic E-state index is 5.45. The number of hydrogen-bond donors (Lipinski definition) is 2. The fourth-order valence-electron chi connectivity index (χ4n) is 3.33. The monoisotopic (exact) mass is 331 g/mol. The summed E-state index contributed by atoms with van der Waals surface area (Å²) in [5.74, 6) is 0.806. The molecule has 4 rings (SSSR count). The van der Waals surface area contributed by atoms with Gasteiger partial charge in [0.25, 0.3) is 0 Å². The molecule has 0 fully saturated rings. The van der Waals surface area contributed by atoms with Crippen molar-refractivity contribution >= 4 is 27.5 Å². The van der Waals surface area contributed by atoms with Gasteiger partial charge < -0.3 is 15.0 Å². The molecule has 0 spiro atoms. The molecule has 0 saturated heterocycles. The van der Waals surface area contributed by atoms with Crippen LogP contribution in [0, 0.1) is 6.92 Å². The van der Waals surface area contributed by atoms with Crippen LogP contribution in [-0.2, 0) is 6.42 Å². The van der Waals surface area contributed by atoms with E-state index in [-0.39, 0.29) is 0 Å². The van der Waals surface area contributed by atoms with Gasteiger partial charge in [0.1, 0.15) is 11.3 Å². The molecule has 0 saturated carbocycles. The van der Waals surface area contributed by atoms with Crippen molar-refractivity contribution in [2.45, 2.75) is 13.3 Å². The number of nitrogens with one attached hydrogen (secondary N) is 2. The van der Waals surface area contributed by atoms with Gasteiger partial charge in [-0.05, 0) is 37.1 Å². The third-order valence-corrected chi connectivity index (χ3v) is 4.54. The number of nitrogens with zero attached hydrogens (tertiary/aromatic N) is 1. The van der Waals surface area contributed by atoms with Crippen LogP contribution in [0.25, 0.3) is 21.8 Å². The van der Waals surface area contributed by atoms with Crippen molar-refractivity contribution in [2.75, 3.05) is 19.0 Å². The van der Waals surface area contributed by atoms with Crippen LogP contribution in [-0.4, -0.2) is 23.6 Å². The van der Waals surface area contributed by atoms with Gasteiger partial charge in [-0.2, -0.15) is 0 Å². The van der Waals surface area contributed by atoms with Crippen LogP contribution in [0.4, 0.5) is 5.69 Å². The molecule has 2 aromatic carbocycles. The van der Waals surface area contributed by atoms with Crippen molar-refractivity contribution in [3.8, 4) is 5.75 Å². The fraction of sp³-hybridized carbons (Fsp3) is 0.190. The first kappa shape index (κ1) is 15.5. The molecule has 2 heterocycles. The Morgan fingerprint density at radius 2 is 1.92 bits per heavy atom. The number of H-pyrrole nitrogens is 1. The zero-order valence-electron chi connectivity index (χ0n) is 14.5. The van der Waals surface area contributed by atoms with E-state index in [9.17, 15) is 0 Å². The van der Waals surface area contributed by atoms with Gasteiger partial charge in [-0.1, -0.05) is 30.3 Å². The zero-order chi connectivity index (χ0) is 17.2. The van der Waals surface area contributed by atoms with Gasteiger partial charge in [0.2, 0.25) is 0 Å². The summed E-state index contributed by atoms with van der Waals surface area (Å²) in [5.41, 5.74) is 5.50.